The van der Waals surface area contributed by atoms with Gasteiger partial charge in [-0.25, -0.2) is 0 Å². The summed E-state index contributed by atoms with van der Waals surface area (Å²) in [5, 5.41) is 9.42. The summed E-state index contributed by atoms with van der Waals surface area (Å²) in [5.41, 5.74) is 1.79. The molecule has 0 bridgehead atoms. The molecule has 0 aliphatic heterocycles. The minimum Gasteiger partial charge on any atom is -0.481 e. The third-order valence-electron chi connectivity index (χ3n) is 4.90. The average molecular weight is 348 g/mol. The Kier molecular flexibility index (Phi) is 6.56. The highest BCUT2D eigenvalue weighted by atomic mass is 16.5. The Bertz CT molecular complexity index is 605. The van der Waals surface area contributed by atoms with Gasteiger partial charge in [-0.05, 0) is 36.3 Å². The molecule has 0 spiro atoms. The highest BCUT2D eigenvalue weighted by Gasteiger charge is 2.32. The van der Waals surface area contributed by atoms with Crippen molar-refractivity contribution >= 4 is 17.9 Å². The van der Waals surface area contributed by atoms with Crippen molar-refractivity contribution in [1.29, 1.82) is 0 Å². The molecule has 2 rings (SSSR count). The fourth-order valence-corrected chi connectivity index (χ4v) is 3.51. The standard InChI is InChI=1S/C19H24O6/c1-24-18(22)16(19(23)25-2)11-12-7-9-13(10-8-12)14-5-3-4-6-15(14)17(20)21/h7-10,14-16H,3-6,11H2,1-2H3,(H,20,21)/t14-,15+/m0/s1. The van der Waals surface area contributed by atoms with E-state index in [1.165, 1.54) is 14.2 Å². The van der Waals surface area contributed by atoms with Gasteiger partial charge in [0.05, 0.1) is 20.1 Å². The molecule has 1 aliphatic carbocycles. The first-order valence-corrected chi connectivity index (χ1v) is 8.45. The molecule has 1 aromatic rings. The fraction of sp³-hybridized carbons (Fsp3) is 0.526. The van der Waals surface area contributed by atoms with Crippen molar-refractivity contribution in [2.75, 3.05) is 14.2 Å². The van der Waals surface area contributed by atoms with E-state index in [0.29, 0.717) is 6.42 Å². The quantitative estimate of drug-likeness (QED) is 0.628. The van der Waals surface area contributed by atoms with Crippen LogP contribution in [0.5, 0.6) is 0 Å². The van der Waals surface area contributed by atoms with E-state index in [0.717, 1.165) is 30.4 Å². The second-order valence-corrected chi connectivity index (χ2v) is 6.38. The predicted octanol–water partition coefficient (Wildman–Crippen LogP) is 2.55. The topological polar surface area (TPSA) is 89.9 Å². The number of carbonyl (C=O) groups is 3. The van der Waals surface area contributed by atoms with Gasteiger partial charge in [-0.15, -0.1) is 0 Å². The third-order valence-corrected chi connectivity index (χ3v) is 4.90. The van der Waals surface area contributed by atoms with E-state index in [1.807, 2.05) is 24.3 Å². The van der Waals surface area contributed by atoms with Gasteiger partial charge in [-0.3, -0.25) is 14.4 Å². The maximum Gasteiger partial charge on any atom is 0.320 e. The molecule has 6 nitrogen and oxygen atoms in total. The largest absolute Gasteiger partial charge is 0.481 e. The zero-order valence-corrected chi connectivity index (χ0v) is 14.6. The van der Waals surface area contributed by atoms with E-state index in [9.17, 15) is 19.5 Å². The first-order chi connectivity index (χ1) is 12.0. The monoisotopic (exact) mass is 348 g/mol. The Morgan fingerprint density at radius 1 is 1.04 bits per heavy atom. The minimum absolute atomic E-state index is 0.0114. The summed E-state index contributed by atoms with van der Waals surface area (Å²) in [6.07, 6.45) is 3.73. The van der Waals surface area contributed by atoms with Crippen molar-refractivity contribution in [2.24, 2.45) is 11.8 Å². The molecule has 0 unspecified atom stereocenters. The molecule has 2 atom stereocenters. The van der Waals surface area contributed by atoms with E-state index >= 15 is 0 Å². The van der Waals surface area contributed by atoms with Crippen LogP contribution in [0.3, 0.4) is 0 Å². The molecule has 136 valence electrons. The average Bonchev–Trinajstić information content (AvgIpc) is 2.65. The van der Waals surface area contributed by atoms with Gasteiger partial charge in [0.15, 0.2) is 5.92 Å². The molecule has 0 radical (unpaired) electrons. The van der Waals surface area contributed by atoms with E-state index < -0.39 is 23.8 Å². The summed E-state index contributed by atoms with van der Waals surface area (Å²) in [6.45, 7) is 0. The summed E-state index contributed by atoms with van der Waals surface area (Å²) in [7, 11) is 2.47. The molecule has 0 amide bonds. The number of rotatable bonds is 6. The molecule has 1 N–H and O–H groups in total. The molecule has 0 heterocycles. The van der Waals surface area contributed by atoms with Crippen molar-refractivity contribution in [1.82, 2.24) is 0 Å². The number of methoxy groups -OCH3 is 2. The van der Waals surface area contributed by atoms with Crippen LogP contribution in [-0.2, 0) is 30.3 Å². The summed E-state index contributed by atoms with van der Waals surface area (Å²) < 4.78 is 9.32. The lowest BCUT2D eigenvalue weighted by Gasteiger charge is -2.29. The Morgan fingerprint density at radius 2 is 1.60 bits per heavy atom. The summed E-state index contributed by atoms with van der Waals surface area (Å²) >= 11 is 0. The number of carboxylic acids is 1. The molecular formula is C19H24O6. The number of hydrogen-bond donors (Lipinski definition) is 1. The first-order valence-electron chi connectivity index (χ1n) is 8.45. The van der Waals surface area contributed by atoms with E-state index in [2.05, 4.69) is 9.47 Å². The van der Waals surface area contributed by atoms with Crippen LogP contribution in [0.15, 0.2) is 24.3 Å². The number of carbonyl (C=O) groups excluding carboxylic acids is 2. The van der Waals surface area contributed by atoms with Crippen LogP contribution in [0.25, 0.3) is 0 Å². The highest BCUT2D eigenvalue weighted by molar-refractivity contribution is 5.95. The highest BCUT2D eigenvalue weighted by Crippen LogP contribution is 2.38. The van der Waals surface area contributed by atoms with Crippen LogP contribution in [0.1, 0.15) is 42.7 Å². The number of aliphatic carboxylic acids is 1. The summed E-state index contributed by atoms with van der Waals surface area (Å²) in [4.78, 5) is 35.0. The van der Waals surface area contributed by atoms with Crippen molar-refractivity contribution in [3.63, 3.8) is 0 Å². The van der Waals surface area contributed by atoms with Gasteiger partial charge in [0, 0.05) is 0 Å². The van der Waals surface area contributed by atoms with Crippen LogP contribution in [0, 0.1) is 11.8 Å². The van der Waals surface area contributed by atoms with Gasteiger partial charge >= 0.3 is 17.9 Å². The number of esters is 2. The zero-order valence-electron chi connectivity index (χ0n) is 14.6. The van der Waals surface area contributed by atoms with Gasteiger partial charge in [0.2, 0.25) is 0 Å². The smallest absolute Gasteiger partial charge is 0.320 e. The third kappa shape index (κ3) is 4.59. The van der Waals surface area contributed by atoms with Crippen molar-refractivity contribution in [2.45, 2.75) is 38.0 Å². The Labute approximate surface area is 147 Å². The number of ether oxygens (including phenoxy) is 2. The molecule has 0 saturated heterocycles. The Hall–Kier alpha value is -2.37. The lowest BCUT2D eigenvalue weighted by atomic mass is 9.75. The zero-order chi connectivity index (χ0) is 18.4. The van der Waals surface area contributed by atoms with Crippen LogP contribution < -0.4 is 0 Å². The molecule has 1 fully saturated rings. The molecule has 25 heavy (non-hydrogen) atoms. The molecule has 1 saturated carbocycles. The Balaban J connectivity index is 2.14. The summed E-state index contributed by atoms with van der Waals surface area (Å²) in [6, 6.07) is 7.46. The number of carboxylic acid groups (broad SMARTS) is 1. The van der Waals surface area contributed by atoms with E-state index in [1.54, 1.807) is 0 Å². The van der Waals surface area contributed by atoms with Crippen LogP contribution in [-0.4, -0.2) is 37.2 Å². The fourth-order valence-electron chi connectivity index (χ4n) is 3.51. The Morgan fingerprint density at radius 3 is 2.12 bits per heavy atom. The maximum atomic E-state index is 11.8. The predicted molar refractivity (Wildman–Crippen MR) is 90.0 cm³/mol. The second-order valence-electron chi connectivity index (χ2n) is 6.38. The van der Waals surface area contributed by atoms with Gasteiger partial charge in [0.25, 0.3) is 0 Å². The molecular weight excluding hydrogens is 324 g/mol. The maximum absolute atomic E-state index is 11.8. The van der Waals surface area contributed by atoms with E-state index in [-0.39, 0.29) is 18.3 Å². The van der Waals surface area contributed by atoms with Crippen LogP contribution >= 0.6 is 0 Å². The normalized spacial score (nSPS) is 20.1. The van der Waals surface area contributed by atoms with Crippen molar-refractivity contribution in [3.05, 3.63) is 35.4 Å². The second kappa shape index (κ2) is 8.65. The van der Waals surface area contributed by atoms with Crippen molar-refractivity contribution < 1.29 is 29.0 Å². The van der Waals surface area contributed by atoms with Gasteiger partial charge < -0.3 is 14.6 Å². The number of benzene rings is 1. The van der Waals surface area contributed by atoms with Crippen molar-refractivity contribution in [3.8, 4) is 0 Å². The molecule has 6 heteroatoms. The minimum atomic E-state index is -0.998. The first kappa shape index (κ1) is 19.0. The van der Waals surface area contributed by atoms with Gasteiger partial charge in [-0.1, -0.05) is 37.1 Å². The lowest BCUT2D eigenvalue weighted by molar-refractivity contribution is -0.158. The van der Waals surface area contributed by atoms with Gasteiger partial charge in [0.1, 0.15) is 0 Å². The molecule has 1 aromatic carbocycles. The SMILES string of the molecule is COC(=O)C(Cc1ccc([C@@H]2CCCC[C@H]2C(=O)O)cc1)C(=O)OC. The van der Waals surface area contributed by atoms with Gasteiger partial charge in [-0.2, -0.15) is 0 Å². The van der Waals surface area contributed by atoms with Crippen LogP contribution in [0.2, 0.25) is 0 Å². The van der Waals surface area contributed by atoms with Crippen LogP contribution in [0.4, 0.5) is 0 Å². The van der Waals surface area contributed by atoms with E-state index in [4.69, 9.17) is 0 Å². The molecule has 0 aromatic heterocycles. The lowest BCUT2D eigenvalue weighted by Crippen LogP contribution is -2.28. The molecule has 1 aliphatic rings. The number of hydrogen-bond acceptors (Lipinski definition) is 5. The summed E-state index contributed by atoms with van der Waals surface area (Å²) in [5.74, 6) is -3.34.